The molecule has 1 fully saturated rings. The fraction of sp³-hybridized carbons (Fsp3) is 0.684. The molecular weight excluding hydrogens is 258 g/mol. The van der Waals surface area contributed by atoms with Crippen molar-refractivity contribution in [2.45, 2.75) is 65.4 Å². The largest absolute Gasteiger partial charge is 0.388 e. The average Bonchev–Trinajstić information content (AvgIpc) is 2.47. The summed E-state index contributed by atoms with van der Waals surface area (Å²) in [6, 6.07) is 6.39. The minimum absolute atomic E-state index is 0.121. The van der Waals surface area contributed by atoms with Gasteiger partial charge in [0.1, 0.15) is 0 Å². The Morgan fingerprint density at radius 1 is 1.19 bits per heavy atom. The summed E-state index contributed by atoms with van der Waals surface area (Å²) in [5, 5.41) is 11.0. The lowest BCUT2D eigenvalue weighted by molar-refractivity contribution is -0.0109. The molecule has 1 saturated carbocycles. The third kappa shape index (κ3) is 3.67. The van der Waals surface area contributed by atoms with Gasteiger partial charge in [-0.2, -0.15) is 0 Å². The van der Waals surface area contributed by atoms with Gasteiger partial charge in [0.25, 0.3) is 0 Å². The lowest BCUT2D eigenvalue weighted by Gasteiger charge is -2.43. The molecule has 1 aromatic carbocycles. The molecule has 21 heavy (non-hydrogen) atoms. The van der Waals surface area contributed by atoms with Gasteiger partial charge in [0.05, 0.1) is 6.10 Å². The molecule has 0 aliphatic heterocycles. The number of aryl methyl sites for hydroxylation is 2. The Morgan fingerprint density at radius 2 is 1.76 bits per heavy atom. The number of aliphatic hydroxyl groups excluding tert-OH is 1. The lowest BCUT2D eigenvalue weighted by atomic mass is 9.65. The average molecular weight is 289 g/mol. The van der Waals surface area contributed by atoms with Crippen molar-refractivity contribution in [3.05, 3.63) is 34.9 Å². The van der Waals surface area contributed by atoms with Crippen LogP contribution in [0.25, 0.3) is 0 Å². The first kappa shape index (κ1) is 16.5. The third-order valence-electron chi connectivity index (χ3n) is 5.34. The van der Waals surface area contributed by atoms with Crippen LogP contribution in [0.15, 0.2) is 18.2 Å². The molecule has 1 unspecified atom stereocenters. The maximum absolute atomic E-state index is 11.0. The van der Waals surface area contributed by atoms with Gasteiger partial charge < -0.3 is 10.8 Å². The molecule has 0 spiro atoms. The van der Waals surface area contributed by atoms with Crippen LogP contribution in [-0.2, 0) is 0 Å². The molecule has 118 valence electrons. The Hall–Kier alpha value is -0.860. The number of hydrogen-bond donors (Lipinski definition) is 2. The standard InChI is InChI=1S/C19H31NO/c1-4-5-16-6-8-19(13-20,9-7-16)18(21)17-11-14(2)10-15(3)12-17/h10-12,16,18,21H,4-9,13,20H2,1-3H3. The summed E-state index contributed by atoms with van der Waals surface area (Å²) >= 11 is 0. The van der Waals surface area contributed by atoms with Gasteiger partial charge in [0.2, 0.25) is 0 Å². The Bertz CT molecular complexity index is 440. The van der Waals surface area contributed by atoms with Crippen LogP contribution in [0, 0.1) is 25.2 Å². The highest BCUT2D eigenvalue weighted by Gasteiger charge is 2.40. The first-order valence-electron chi connectivity index (χ1n) is 8.47. The fourth-order valence-electron chi connectivity index (χ4n) is 4.06. The molecule has 0 radical (unpaired) electrons. The van der Waals surface area contributed by atoms with E-state index in [0.29, 0.717) is 6.54 Å². The highest BCUT2D eigenvalue weighted by Crippen LogP contribution is 2.47. The van der Waals surface area contributed by atoms with E-state index in [1.54, 1.807) is 0 Å². The van der Waals surface area contributed by atoms with Gasteiger partial charge in [0, 0.05) is 12.0 Å². The highest BCUT2D eigenvalue weighted by atomic mass is 16.3. The zero-order valence-electron chi connectivity index (χ0n) is 13.9. The zero-order valence-corrected chi connectivity index (χ0v) is 13.9. The summed E-state index contributed by atoms with van der Waals surface area (Å²) in [5.41, 5.74) is 9.48. The summed E-state index contributed by atoms with van der Waals surface area (Å²) in [6.45, 7) is 7.03. The Kier molecular flexibility index (Phi) is 5.45. The van der Waals surface area contributed by atoms with E-state index in [1.807, 2.05) is 0 Å². The molecule has 1 aliphatic rings. The lowest BCUT2D eigenvalue weighted by Crippen LogP contribution is -2.40. The van der Waals surface area contributed by atoms with E-state index < -0.39 is 6.10 Å². The van der Waals surface area contributed by atoms with Crippen LogP contribution in [0.2, 0.25) is 0 Å². The second-order valence-corrected chi connectivity index (χ2v) is 7.12. The first-order chi connectivity index (χ1) is 10.0. The molecule has 3 N–H and O–H groups in total. The van der Waals surface area contributed by atoms with Crippen molar-refractivity contribution in [1.82, 2.24) is 0 Å². The van der Waals surface area contributed by atoms with E-state index in [0.717, 1.165) is 24.3 Å². The van der Waals surface area contributed by atoms with Crippen molar-refractivity contribution in [3.63, 3.8) is 0 Å². The van der Waals surface area contributed by atoms with Crippen LogP contribution in [0.4, 0.5) is 0 Å². The molecule has 1 aliphatic carbocycles. The van der Waals surface area contributed by atoms with Crippen molar-refractivity contribution in [3.8, 4) is 0 Å². The Balaban J connectivity index is 2.17. The van der Waals surface area contributed by atoms with Gasteiger partial charge in [-0.25, -0.2) is 0 Å². The summed E-state index contributed by atoms with van der Waals surface area (Å²) in [7, 11) is 0. The summed E-state index contributed by atoms with van der Waals surface area (Å²) in [6.07, 6.45) is 6.70. The summed E-state index contributed by atoms with van der Waals surface area (Å²) in [5.74, 6) is 0.834. The number of aliphatic hydroxyl groups is 1. The van der Waals surface area contributed by atoms with Crippen LogP contribution in [0.5, 0.6) is 0 Å². The van der Waals surface area contributed by atoms with Gasteiger partial charge in [0.15, 0.2) is 0 Å². The van der Waals surface area contributed by atoms with E-state index in [-0.39, 0.29) is 5.41 Å². The van der Waals surface area contributed by atoms with Gasteiger partial charge in [-0.05, 0) is 51.0 Å². The molecule has 2 heteroatoms. The van der Waals surface area contributed by atoms with Crippen molar-refractivity contribution in [2.24, 2.45) is 17.1 Å². The van der Waals surface area contributed by atoms with Crippen LogP contribution in [-0.4, -0.2) is 11.7 Å². The van der Waals surface area contributed by atoms with Crippen LogP contribution in [0.1, 0.15) is 68.2 Å². The summed E-state index contributed by atoms with van der Waals surface area (Å²) in [4.78, 5) is 0. The zero-order chi connectivity index (χ0) is 15.5. The quantitative estimate of drug-likeness (QED) is 0.850. The number of benzene rings is 1. The monoisotopic (exact) mass is 289 g/mol. The van der Waals surface area contributed by atoms with Gasteiger partial charge in [-0.3, -0.25) is 0 Å². The van der Waals surface area contributed by atoms with Crippen molar-refractivity contribution in [2.75, 3.05) is 6.54 Å². The van der Waals surface area contributed by atoms with Gasteiger partial charge in [-0.1, -0.05) is 49.1 Å². The van der Waals surface area contributed by atoms with E-state index in [1.165, 1.54) is 36.8 Å². The van der Waals surface area contributed by atoms with Crippen LogP contribution >= 0.6 is 0 Å². The molecule has 2 nitrogen and oxygen atoms in total. The second-order valence-electron chi connectivity index (χ2n) is 7.12. The molecule has 0 aromatic heterocycles. The maximum Gasteiger partial charge on any atom is 0.0858 e. The predicted octanol–water partition coefficient (Wildman–Crippen LogP) is 4.27. The van der Waals surface area contributed by atoms with E-state index >= 15 is 0 Å². The number of rotatable bonds is 5. The SMILES string of the molecule is CCCC1CCC(CN)(C(O)c2cc(C)cc(C)c2)CC1. The second kappa shape index (κ2) is 6.93. The molecular formula is C19H31NO. The van der Waals surface area contributed by atoms with Crippen molar-refractivity contribution in [1.29, 1.82) is 0 Å². The highest BCUT2D eigenvalue weighted by molar-refractivity contribution is 5.31. The predicted molar refractivity (Wildman–Crippen MR) is 89.2 cm³/mol. The molecule has 0 amide bonds. The van der Waals surface area contributed by atoms with Crippen molar-refractivity contribution >= 4 is 0 Å². The third-order valence-corrected chi connectivity index (χ3v) is 5.34. The normalized spacial score (nSPS) is 27.6. The number of nitrogens with two attached hydrogens (primary N) is 1. The van der Waals surface area contributed by atoms with Crippen LogP contribution in [0.3, 0.4) is 0 Å². The topological polar surface area (TPSA) is 46.2 Å². The van der Waals surface area contributed by atoms with E-state index in [9.17, 15) is 5.11 Å². The molecule has 2 rings (SSSR count). The number of hydrogen-bond acceptors (Lipinski definition) is 2. The molecule has 1 atom stereocenters. The fourth-order valence-corrected chi connectivity index (χ4v) is 4.06. The first-order valence-corrected chi connectivity index (χ1v) is 8.47. The Morgan fingerprint density at radius 3 is 2.24 bits per heavy atom. The smallest absolute Gasteiger partial charge is 0.0858 e. The van der Waals surface area contributed by atoms with Crippen LogP contribution < -0.4 is 5.73 Å². The maximum atomic E-state index is 11.0. The van der Waals surface area contributed by atoms with Crippen molar-refractivity contribution < 1.29 is 5.11 Å². The van der Waals surface area contributed by atoms with Gasteiger partial charge in [-0.15, -0.1) is 0 Å². The molecule has 0 heterocycles. The molecule has 1 aromatic rings. The minimum Gasteiger partial charge on any atom is -0.388 e. The molecule has 0 bridgehead atoms. The minimum atomic E-state index is -0.427. The molecule has 0 saturated heterocycles. The summed E-state index contributed by atoms with van der Waals surface area (Å²) < 4.78 is 0. The van der Waals surface area contributed by atoms with E-state index in [2.05, 4.69) is 39.0 Å². The van der Waals surface area contributed by atoms with E-state index in [4.69, 9.17) is 5.73 Å². The van der Waals surface area contributed by atoms with Gasteiger partial charge >= 0.3 is 0 Å². The Labute approximate surface area is 129 Å².